The summed E-state index contributed by atoms with van der Waals surface area (Å²) in [7, 11) is 1.64. The summed E-state index contributed by atoms with van der Waals surface area (Å²) in [5.41, 5.74) is 1.03. The van der Waals surface area contributed by atoms with Gasteiger partial charge in [-0.1, -0.05) is 24.3 Å². The predicted molar refractivity (Wildman–Crippen MR) is 79.7 cm³/mol. The lowest BCUT2D eigenvalue weighted by Gasteiger charge is -2.18. The van der Waals surface area contributed by atoms with Crippen molar-refractivity contribution in [2.24, 2.45) is 5.92 Å². The van der Waals surface area contributed by atoms with Crippen molar-refractivity contribution >= 4 is 6.03 Å². The molecule has 1 aliphatic carbocycles. The molecule has 0 bridgehead atoms. The van der Waals surface area contributed by atoms with E-state index in [4.69, 9.17) is 4.74 Å². The van der Waals surface area contributed by atoms with Gasteiger partial charge in [-0.05, 0) is 42.9 Å². The van der Waals surface area contributed by atoms with Gasteiger partial charge in [0.2, 0.25) is 0 Å². The number of benzene rings is 1. The van der Waals surface area contributed by atoms with E-state index in [1.54, 1.807) is 7.11 Å². The summed E-state index contributed by atoms with van der Waals surface area (Å²) >= 11 is 0. The summed E-state index contributed by atoms with van der Waals surface area (Å²) in [4.78, 5) is 11.7. The van der Waals surface area contributed by atoms with Crippen molar-refractivity contribution in [2.75, 3.05) is 13.7 Å². The van der Waals surface area contributed by atoms with E-state index in [2.05, 4.69) is 22.8 Å². The Morgan fingerprint density at radius 3 is 3.00 bits per heavy atom. The lowest BCUT2D eigenvalue weighted by Crippen LogP contribution is -2.38. The van der Waals surface area contributed by atoms with Gasteiger partial charge < -0.3 is 15.4 Å². The molecule has 1 atom stereocenters. The van der Waals surface area contributed by atoms with Gasteiger partial charge in [-0.3, -0.25) is 0 Å². The molecule has 4 heteroatoms. The van der Waals surface area contributed by atoms with E-state index in [1.165, 1.54) is 0 Å². The van der Waals surface area contributed by atoms with E-state index in [-0.39, 0.29) is 6.03 Å². The molecule has 0 spiro atoms. The lowest BCUT2D eigenvalue weighted by molar-refractivity contribution is 0.238. The molecule has 0 saturated carbocycles. The van der Waals surface area contributed by atoms with Crippen LogP contribution in [0.1, 0.15) is 24.8 Å². The first-order valence-corrected chi connectivity index (χ1v) is 7.07. The number of rotatable bonds is 5. The minimum absolute atomic E-state index is 0.109. The van der Waals surface area contributed by atoms with Crippen molar-refractivity contribution in [2.45, 2.75) is 25.8 Å². The van der Waals surface area contributed by atoms with Crippen LogP contribution in [0.2, 0.25) is 0 Å². The fourth-order valence-electron chi connectivity index (χ4n) is 2.31. The van der Waals surface area contributed by atoms with Crippen LogP contribution in [-0.4, -0.2) is 19.7 Å². The second-order valence-electron chi connectivity index (χ2n) is 5.07. The van der Waals surface area contributed by atoms with Crippen LogP contribution < -0.4 is 15.4 Å². The Morgan fingerprint density at radius 1 is 1.35 bits per heavy atom. The van der Waals surface area contributed by atoms with Crippen molar-refractivity contribution in [1.82, 2.24) is 10.6 Å². The highest BCUT2D eigenvalue weighted by atomic mass is 16.5. The Labute approximate surface area is 120 Å². The number of ether oxygens (including phenoxy) is 1. The molecule has 108 valence electrons. The third-order valence-electron chi connectivity index (χ3n) is 3.52. The van der Waals surface area contributed by atoms with Crippen LogP contribution in [0.15, 0.2) is 36.4 Å². The van der Waals surface area contributed by atoms with Crippen LogP contribution in [-0.2, 0) is 6.54 Å². The minimum atomic E-state index is -0.109. The highest BCUT2D eigenvalue weighted by Crippen LogP contribution is 2.16. The number of nitrogens with one attached hydrogen (secondary N) is 2. The summed E-state index contributed by atoms with van der Waals surface area (Å²) in [6, 6.07) is 7.59. The highest BCUT2D eigenvalue weighted by molar-refractivity contribution is 5.73. The Kier molecular flexibility index (Phi) is 5.47. The lowest BCUT2D eigenvalue weighted by atomic mass is 9.94. The molecule has 0 aromatic heterocycles. The van der Waals surface area contributed by atoms with Gasteiger partial charge in [-0.15, -0.1) is 0 Å². The van der Waals surface area contributed by atoms with Crippen molar-refractivity contribution in [3.8, 4) is 5.75 Å². The first kappa shape index (κ1) is 14.4. The number of amides is 2. The fraction of sp³-hybridized carbons (Fsp3) is 0.438. The summed E-state index contributed by atoms with van der Waals surface area (Å²) in [5, 5.41) is 5.80. The van der Waals surface area contributed by atoms with Gasteiger partial charge >= 0.3 is 6.03 Å². The van der Waals surface area contributed by atoms with Crippen LogP contribution >= 0.6 is 0 Å². The average molecular weight is 274 g/mol. The number of hydrogen-bond acceptors (Lipinski definition) is 2. The second kappa shape index (κ2) is 7.58. The van der Waals surface area contributed by atoms with Crippen LogP contribution in [0.25, 0.3) is 0 Å². The van der Waals surface area contributed by atoms with Gasteiger partial charge in [0.1, 0.15) is 5.75 Å². The number of methoxy groups -OCH3 is 1. The van der Waals surface area contributed by atoms with Crippen LogP contribution in [0.5, 0.6) is 5.75 Å². The molecule has 0 aliphatic heterocycles. The number of urea groups is 1. The molecule has 0 saturated heterocycles. The standard InChI is InChI=1S/C16H22N2O2/c1-20-15-9-5-8-14(10-15)12-18-16(19)17-11-13-6-3-2-4-7-13/h2-3,5,8-10,13H,4,6-7,11-12H2,1H3,(H2,17,18,19)/t13-/m1/s1. The Bertz CT molecular complexity index is 471. The molecule has 0 radical (unpaired) electrons. The monoisotopic (exact) mass is 274 g/mol. The predicted octanol–water partition coefficient (Wildman–Crippen LogP) is 2.85. The van der Waals surface area contributed by atoms with Gasteiger partial charge in [0.05, 0.1) is 7.11 Å². The molecule has 1 aromatic carbocycles. The minimum Gasteiger partial charge on any atom is -0.497 e. The zero-order valence-electron chi connectivity index (χ0n) is 11.9. The molecule has 2 N–H and O–H groups in total. The molecule has 1 aromatic rings. The zero-order chi connectivity index (χ0) is 14.2. The number of carbonyl (C=O) groups excluding carboxylic acids is 1. The van der Waals surface area contributed by atoms with E-state index < -0.39 is 0 Å². The van der Waals surface area contributed by atoms with E-state index in [1.807, 2.05) is 24.3 Å². The third kappa shape index (κ3) is 4.61. The quantitative estimate of drug-likeness (QED) is 0.811. The third-order valence-corrected chi connectivity index (χ3v) is 3.52. The SMILES string of the molecule is COc1cccc(CNC(=O)NC[C@@H]2CC=CCC2)c1. The fourth-order valence-corrected chi connectivity index (χ4v) is 2.31. The smallest absolute Gasteiger partial charge is 0.315 e. The van der Waals surface area contributed by atoms with E-state index in [0.29, 0.717) is 12.5 Å². The van der Waals surface area contributed by atoms with Gasteiger partial charge in [-0.2, -0.15) is 0 Å². The number of hydrogen-bond donors (Lipinski definition) is 2. The van der Waals surface area contributed by atoms with Crippen LogP contribution in [0, 0.1) is 5.92 Å². The Balaban J connectivity index is 1.70. The Hall–Kier alpha value is -1.97. The van der Waals surface area contributed by atoms with Crippen molar-refractivity contribution in [3.05, 3.63) is 42.0 Å². The topological polar surface area (TPSA) is 50.4 Å². The van der Waals surface area contributed by atoms with Gasteiger partial charge in [0.25, 0.3) is 0 Å². The first-order chi connectivity index (χ1) is 9.78. The first-order valence-electron chi connectivity index (χ1n) is 7.07. The molecule has 0 fully saturated rings. The molecule has 2 rings (SSSR count). The maximum Gasteiger partial charge on any atom is 0.315 e. The molecule has 20 heavy (non-hydrogen) atoms. The molecular formula is C16H22N2O2. The van der Waals surface area contributed by atoms with Crippen molar-refractivity contribution in [3.63, 3.8) is 0 Å². The van der Waals surface area contributed by atoms with Gasteiger partial charge in [0.15, 0.2) is 0 Å². The molecular weight excluding hydrogens is 252 g/mol. The second-order valence-corrected chi connectivity index (χ2v) is 5.07. The van der Waals surface area contributed by atoms with Gasteiger partial charge in [-0.25, -0.2) is 4.79 Å². The normalized spacial score (nSPS) is 17.6. The van der Waals surface area contributed by atoms with Crippen molar-refractivity contribution < 1.29 is 9.53 Å². The van der Waals surface area contributed by atoms with E-state index >= 15 is 0 Å². The maximum atomic E-state index is 11.7. The molecule has 1 aliphatic rings. The Morgan fingerprint density at radius 2 is 2.25 bits per heavy atom. The zero-order valence-corrected chi connectivity index (χ0v) is 11.9. The molecule has 2 amide bonds. The molecule has 4 nitrogen and oxygen atoms in total. The van der Waals surface area contributed by atoms with Crippen LogP contribution in [0.4, 0.5) is 4.79 Å². The molecule has 0 unspecified atom stereocenters. The van der Waals surface area contributed by atoms with E-state index in [0.717, 1.165) is 37.1 Å². The largest absolute Gasteiger partial charge is 0.497 e. The molecule has 0 heterocycles. The maximum absolute atomic E-state index is 11.7. The summed E-state index contributed by atoms with van der Waals surface area (Å²) in [5.74, 6) is 1.38. The van der Waals surface area contributed by atoms with E-state index in [9.17, 15) is 4.79 Å². The number of allylic oxidation sites excluding steroid dienone is 2. The van der Waals surface area contributed by atoms with Crippen molar-refractivity contribution in [1.29, 1.82) is 0 Å². The summed E-state index contributed by atoms with van der Waals surface area (Å²) in [6.07, 6.45) is 7.75. The van der Waals surface area contributed by atoms with Crippen LogP contribution in [0.3, 0.4) is 0 Å². The average Bonchev–Trinajstić information content (AvgIpc) is 2.52. The van der Waals surface area contributed by atoms with Gasteiger partial charge in [0, 0.05) is 13.1 Å². The highest BCUT2D eigenvalue weighted by Gasteiger charge is 2.10. The number of carbonyl (C=O) groups is 1. The summed E-state index contributed by atoms with van der Waals surface area (Å²) < 4.78 is 5.15. The summed E-state index contributed by atoms with van der Waals surface area (Å²) in [6.45, 7) is 1.25.